The molecule has 1 fully saturated rings. The Hall–Kier alpha value is -1.55. The molecule has 0 spiro atoms. The lowest BCUT2D eigenvalue weighted by molar-refractivity contribution is -0.126. The van der Waals surface area contributed by atoms with Crippen molar-refractivity contribution in [2.75, 3.05) is 13.2 Å². The lowest BCUT2D eigenvalue weighted by atomic mass is 9.89. The third-order valence-electron chi connectivity index (χ3n) is 3.44. The molecular weight excluding hydrogens is 228 g/mol. The molecule has 18 heavy (non-hydrogen) atoms. The molecular formula is C14H20N2O2. The van der Waals surface area contributed by atoms with Crippen LogP contribution in [0.2, 0.25) is 0 Å². The van der Waals surface area contributed by atoms with Crippen LogP contribution in [-0.2, 0) is 4.79 Å². The van der Waals surface area contributed by atoms with Crippen molar-refractivity contribution in [2.24, 2.45) is 5.73 Å². The molecule has 1 amide bonds. The molecule has 1 unspecified atom stereocenters. The van der Waals surface area contributed by atoms with E-state index in [9.17, 15) is 4.79 Å². The Labute approximate surface area is 108 Å². The van der Waals surface area contributed by atoms with E-state index >= 15 is 0 Å². The Morgan fingerprint density at radius 2 is 2.33 bits per heavy atom. The van der Waals surface area contributed by atoms with Gasteiger partial charge in [0.1, 0.15) is 17.9 Å². The molecule has 1 aromatic rings. The van der Waals surface area contributed by atoms with Crippen molar-refractivity contribution in [2.45, 2.75) is 31.7 Å². The number of hydrogen-bond acceptors (Lipinski definition) is 3. The number of nitrogens with two attached hydrogens (primary N) is 1. The van der Waals surface area contributed by atoms with Gasteiger partial charge in [-0.25, -0.2) is 0 Å². The van der Waals surface area contributed by atoms with Crippen LogP contribution in [0.15, 0.2) is 24.3 Å². The number of carbonyl (C=O) groups excluding carboxylic acids is 1. The quantitative estimate of drug-likeness (QED) is 0.846. The van der Waals surface area contributed by atoms with Gasteiger partial charge in [-0.3, -0.25) is 4.79 Å². The number of hydrogen-bond donors (Lipinski definition) is 2. The molecule has 1 aliphatic rings. The average molecular weight is 248 g/mol. The van der Waals surface area contributed by atoms with Crippen LogP contribution in [0.1, 0.15) is 24.8 Å². The summed E-state index contributed by atoms with van der Waals surface area (Å²) in [5.74, 6) is 0.456. The second-order valence-electron chi connectivity index (χ2n) is 4.94. The number of primary amides is 1. The number of amides is 1. The van der Waals surface area contributed by atoms with Crippen molar-refractivity contribution in [3.8, 4) is 5.75 Å². The van der Waals surface area contributed by atoms with E-state index in [1.807, 2.05) is 31.2 Å². The monoisotopic (exact) mass is 248 g/mol. The van der Waals surface area contributed by atoms with Crippen LogP contribution in [0.4, 0.5) is 0 Å². The first-order valence-corrected chi connectivity index (χ1v) is 6.37. The molecule has 3 N–H and O–H groups in total. The molecule has 98 valence electrons. The van der Waals surface area contributed by atoms with Crippen LogP contribution in [0.5, 0.6) is 5.75 Å². The highest BCUT2D eigenvalue weighted by atomic mass is 16.5. The molecule has 1 aromatic carbocycles. The fraction of sp³-hybridized carbons (Fsp3) is 0.500. The van der Waals surface area contributed by atoms with Crippen molar-refractivity contribution in [3.05, 3.63) is 29.8 Å². The minimum atomic E-state index is -0.706. The highest BCUT2D eigenvalue weighted by molar-refractivity contribution is 5.85. The van der Waals surface area contributed by atoms with Gasteiger partial charge < -0.3 is 15.8 Å². The van der Waals surface area contributed by atoms with Gasteiger partial charge in [-0.05, 0) is 50.4 Å². The predicted molar refractivity (Wildman–Crippen MR) is 70.5 cm³/mol. The van der Waals surface area contributed by atoms with Crippen LogP contribution < -0.4 is 15.8 Å². The van der Waals surface area contributed by atoms with E-state index in [0.717, 1.165) is 37.1 Å². The summed E-state index contributed by atoms with van der Waals surface area (Å²) in [6, 6.07) is 7.80. The lowest BCUT2D eigenvalue weighted by Crippen LogP contribution is -2.61. The molecule has 0 aliphatic carbocycles. The zero-order valence-electron chi connectivity index (χ0n) is 10.7. The maximum atomic E-state index is 11.6. The van der Waals surface area contributed by atoms with Gasteiger partial charge >= 0.3 is 0 Å². The molecule has 1 saturated heterocycles. The molecule has 1 aliphatic heterocycles. The summed E-state index contributed by atoms with van der Waals surface area (Å²) in [4.78, 5) is 11.6. The van der Waals surface area contributed by atoms with Gasteiger partial charge in [0.05, 0.1) is 0 Å². The molecule has 0 radical (unpaired) electrons. The number of aryl methyl sites for hydroxylation is 1. The van der Waals surface area contributed by atoms with E-state index in [1.54, 1.807) is 0 Å². The standard InChI is InChI=1S/C14H20N2O2/c1-11-5-4-6-12(9-11)18-10-14(13(15)17)7-2-3-8-16-14/h4-6,9,16H,2-3,7-8,10H2,1H3,(H2,15,17). The third kappa shape index (κ3) is 2.82. The fourth-order valence-electron chi connectivity index (χ4n) is 2.28. The van der Waals surface area contributed by atoms with Gasteiger partial charge in [0.2, 0.25) is 5.91 Å². The van der Waals surface area contributed by atoms with E-state index in [-0.39, 0.29) is 5.91 Å². The molecule has 0 saturated carbocycles. The third-order valence-corrected chi connectivity index (χ3v) is 3.44. The maximum absolute atomic E-state index is 11.6. The fourth-order valence-corrected chi connectivity index (χ4v) is 2.28. The molecule has 2 rings (SSSR count). The van der Waals surface area contributed by atoms with Gasteiger partial charge in [-0.1, -0.05) is 12.1 Å². The summed E-state index contributed by atoms with van der Waals surface area (Å²) >= 11 is 0. The highest BCUT2D eigenvalue weighted by Crippen LogP contribution is 2.21. The van der Waals surface area contributed by atoms with Crippen LogP contribution in [0.3, 0.4) is 0 Å². The van der Waals surface area contributed by atoms with Crippen molar-refractivity contribution in [1.82, 2.24) is 5.32 Å². The summed E-state index contributed by atoms with van der Waals surface area (Å²) in [6.45, 7) is 3.13. The topological polar surface area (TPSA) is 64.3 Å². The number of rotatable bonds is 4. The van der Waals surface area contributed by atoms with E-state index in [4.69, 9.17) is 10.5 Å². The summed E-state index contributed by atoms with van der Waals surface area (Å²) in [7, 11) is 0. The highest BCUT2D eigenvalue weighted by Gasteiger charge is 2.38. The average Bonchev–Trinajstić information content (AvgIpc) is 2.37. The second-order valence-corrected chi connectivity index (χ2v) is 4.94. The minimum Gasteiger partial charge on any atom is -0.491 e. The smallest absolute Gasteiger partial charge is 0.241 e. The van der Waals surface area contributed by atoms with Gasteiger partial charge in [-0.2, -0.15) is 0 Å². The number of piperidine rings is 1. The molecule has 1 atom stereocenters. The Balaban J connectivity index is 2.04. The molecule has 0 aromatic heterocycles. The zero-order valence-corrected chi connectivity index (χ0v) is 10.7. The van der Waals surface area contributed by atoms with Gasteiger partial charge in [0.15, 0.2) is 0 Å². The van der Waals surface area contributed by atoms with Gasteiger partial charge in [0.25, 0.3) is 0 Å². The number of nitrogens with one attached hydrogen (secondary N) is 1. The molecule has 1 heterocycles. The summed E-state index contributed by atoms with van der Waals surface area (Å²) < 4.78 is 5.73. The van der Waals surface area contributed by atoms with Crippen LogP contribution in [0, 0.1) is 6.92 Å². The van der Waals surface area contributed by atoms with Gasteiger partial charge in [-0.15, -0.1) is 0 Å². The molecule has 4 nitrogen and oxygen atoms in total. The van der Waals surface area contributed by atoms with Crippen molar-refractivity contribution in [3.63, 3.8) is 0 Å². The SMILES string of the molecule is Cc1cccc(OCC2(C(N)=O)CCCCN2)c1. The number of carbonyl (C=O) groups is 1. The van der Waals surface area contributed by atoms with Crippen molar-refractivity contribution < 1.29 is 9.53 Å². The minimum absolute atomic E-state index is 0.297. The van der Waals surface area contributed by atoms with Crippen LogP contribution in [-0.4, -0.2) is 24.6 Å². The van der Waals surface area contributed by atoms with Gasteiger partial charge in [0, 0.05) is 0 Å². The first-order chi connectivity index (χ1) is 8.62. The Morgan fingerprint density at radius 3 is 2.94 bits per heavy atom. The second kappa shape index (κ2) is 5.40. The summed E-state index contributed by atoms with van der Waals surface area (Å²) in [5.41, 5.74) is 5.94. The maximum Gasteiger partial charge on any atom is 0.241 e. The van der Waals surface area contributed by atoms with Crippen molar-refractivity contribution >= 4 is 5.91 Å². The van der Waals surface area contributed by atoms with E-state index in [0.29, 0.717) is 6.61 Å². The van der Waals surface area contributed by atoms with E-state index < -0.39 is 5.54 Å². The normalized spacial score (nSPS) is 23.6. The number of benzene rings is 1. The van der Waals surface area contributed by atoms with Crippen molar-refractivity contribution in [1.29, 1.82) is 0 Å². The predicted octanol–water partition coefficient (Wildman–Crippen LogP) is 1.37. The van der Waals surface area contributed by atoms with Crippen LogP contribution in [0.25, 0.3) is 0 Å². The Morgan fingerprint density at radius 1 is 1.50 bits per heavy atom. The van der Waals surface area contributed by atoms with Crippen LogP contribution >= 0.6 is 0 Å². The van der Waals surface area contributed by atoms with E-state index in [1.165, 1.54) is 0 Å². The number of ether oxygens (including phenoxy) is 1. The zero-order chi connectivity index (χ0) is 13.0. The Bertz CT molecular complexity index is 426. The first-order valence-electron chi connectivity index (χ1n) is 6.37. The summed E-state index contributed by atoms with van der Waals surface area (Å²) in [6.07, 6.45) is 2.83. The summed E-state index contributed by atoms with van der Waals surface area (Å²) in [5, 5.41) is 3.22. The Kier molecular flexibility index (Phi) is 3.87. The largest absolute Gasteiger partial charge is 0.491 e. The molecule has 0 bridgehead atoms. The van der Waals surface area contributed by atoms with E-state index in [2.05, 4.69) is 5.32 Å². The first kappa shape index (κ1) is 12.9. The lowest BCUT2D eigenvalue weighted by Gasteiger charge is -2.35. The molecule has 4 heteroatoms.